The summed E-state index contributed by atoms with van der Waals surface area (Å²) in [5, 5.41) is 12.3. The first-order chi connectivity index (χ1) is 12.1. The van der Waals surface area contributed by atoms with Gasteiger partial charge in [0.25, 0.3) is 5.91 Å². The minimum atomic E-state index is -0.717. The summed E-state index contributed by atoms with van der Waals surface area (Å²) in [6.45, 7) is 9.23. The van der Waals surface area contributed by atoms with Gasteiger partial charge in [0.05, 0.1) is 6.10 Å². The van der Waals surface area contributed by atoms with Crippen LogP contribution >= 0.6 is 0 Å². The molecule has 2 amide bonds. The standard InChI is InChI=1S/C19H31N3O4/c1-6-9-15(21-18(25)26-19(3,4)5)17(24)22(13-11-14(2)23)16-10-7-8-12-20-16/h7-8,10,12,14-15,23H,6,9,11,13H2,1-5H3,(H,21,25). The lowest BCUT2D eigenvalue weighted by molar-refractivity contribution is -0.121. The van der Waals surface area contributed by atoms with Gasteiger partial charge in [0.15, 0.2) is 0 Å². The first-order valence-electron chi connectivity index (χ1n) is 9.04. The average Bonchev–Trinajstić information content (AvgIpc) is 2.53. The van der Waals surface area contributed by atoms with Crippen LogP contribution in [0, 0.1) is 0 Å². The van der Waals surface area contributed by atoms with Crippen LogP contribution in [0.1, 0.15) is 53.9 Å². The summed E-state index contributed by atoms with van der Waals surface area (Å²) >= 11 is 0. The van der Waals surface area contributed by atoms with Gasteiger partial charge in [-0.1, -0.05) is 19.4 Å². The molecule has 0 saturated heterocycles. The highest BCUT2D eigenvalue weighted by Gasteiger charge is 2.28. The summed E-state index contributed by atoms with van der Waals surface area (Å²) in [4.78, 5) is 30.9. The fourth-order valence-corrected chi connectivity index (χ4v) is 2.35. The number of nitrogens with one attached hydrogen (secondary N) is 1. The molecule has 1 rings (SSSR count). The number of alkyl carbamates (subject to hydrolysis) is 1. The fourth-order valence-electron chi connectivity index (χ4n) is 2.35. The topological polar surface area (TPSA) is 91.8 Å². The van der Waals surface area contributed by atoms with E-state index in [-0.39, 0.29) is 5.91 Å². The third-order valence-electron chi connectivity index (χ3n) is 3.53. The summed E-state index contributed by atoms with van der Waals surface area (Å²) in [7, 11) is 0. The average molecular weight is 365 g/mol. The number of hydrogen-bond donors (Lipinski definition) is 2. The van der Waals surface area contributed by atoms with Crippen molar-refractivity contribution in [2.24, 2.45) is 0 Å². The van der Waals surface area contributed by atoms with E-state index in [2.05, 4.69) is 10.3 Å². The van der Waals surface area contributed by atoms with Crippen molar-refractivity contribution in [2.45, 2.75) is 71.6 Å². The molecule has 0 fully saturated rings. The Balaban J connectivity index is 2.97. The smallest absolute Gasteiger partial charge is 0.408 e. The number of aromatic nitrogens is 1. The molecule has 0 aliphatic heterocycles. The molecule has 0 aliphatic rings. The first-order valence-corrected chi connectivity index (χ1v) is 9.04. The maximum Gasteiger partial charge on any atom is 0.408 e. The molecule has 0 saturated carbocycles. The molecule has 1 aromatic heterocycles. The molecule has 0 aliphatic carbocycles. The van der Waals surface area contributed by atoms with Crippen LogP contribution in [0.25, 0.3) is 0 Å². The zero-order valence-electron chi connectivity index (χ0n) is 16.4. The predicted octanol–water partition coefficient (Wildman–Crippen LogP) is 2.88. The number of amides is 2. The number of anilines is 1. The quantitative estimate of drug-likeness (QED) is 0.739. The molecular weight excluding hydrogens is 334 g/mol. The minimum Gasteiger partial charge on any atom is -0.444 e. The molecular formula is C19H31N3O4. The van der Waals surface area contributed by atoms with Crippen LogP contribution in [0.5, 0.6) is 0 Å². The van der Waals surface area contributed by atoms with E-state index in [4.69, 9.17) is 4.74 Å². The van der Waals surface area contributed by atoms with Gasteiger partial charge in [-0.25, -0.2) is 9.78 Å². The Morgan fingerprint density at radius 2 is 2.00 bits per heavy atom. The van der Waals surface area contributed by atoms with Gasteiger partial charge in [0.2, 0.25) is 0 Å². The van der Waals surface area contributed by atoms with Crippen molar-refractivity contribution in [3.05, 3.63) is 24.4 Å². The van der Waals surface area contributed by atoms with E-state index in [1.165, 1.54) is 4.90 Å². The third-order valence-corrected chi connectivity index (χ3v) is 3.53. The summed E-state index contributed by atoms with van der Waals surface area (Å²) in [6, 6.07) is 4.58. The third kappa shape index (κ3) is 7.82. The molecule has 0 bridgehead atoms. The molecule has 1 heterocycles. The van der Waals surface area contributed by atoms with Crippen molar-refractivity contribution in [3.8, 4) is 0 Å². The van der Waals surface area contributed by atoms with E-state index in [9.17, 15) is 14.7 Å². The molecule has 0 aromatic carbocycles. The maximum absolute atomic E-state index is 13.1. The van der Waals surface area contributed by atoms with E-state index in [0.717, 1.165) is 6.42 Å². The monoisotopic (exact) mass is 365 g/mol. The second kappa shape index (κ2) is 10.1. The zero-order chi connectivity index (χ0) is 19.7. The number of aliphatic hydroxyl groups is 1. The molecule has 2 unspecified atom stereocenters. The Kier molecular flexibility index (Phi) is 8.51. The summed E-state index contributed by atoms with van der Waals surface area (Å²) < 4.78 is 5.27. The predicted molar refractivity (Wildman–Crippen MR) is 101 cm³/mol. The van der Waals surface area contributed by atoms with Gasteiger partial charge < -0.3 is 15.2 Å². The maximum atomic E-state index is 13.1. The largest absolute Gasteiger partial charge is 0.444 e. The van der Waals surface area contributed by atoms with Crippen molar-refractivity contribution < 1.29 is 19.4 Å². The molecule has 2 atom stereocenters. The second-order valence-electron chi connectivity index (χ2n) is 7.30. The number of aliphatic hydroxyl groups excluding tert-OH is 1. The number of ether oxygens (including phenoxy) is 1. The molecule has 0 spiro atoms. The zero-order valence-corrected chi connectivity index (χ0v) is 16.4. The second-order valence-corrected chi connectivity index (χ2v) is 7.30. The summed E-state index contributed by atoms with van der Waals surface area (Å²) in [5.74, 6) is 0.224. The Morgan fingerprint density at radius 1 is 1.31 bits per heavy atom. The lowest BCUT2D eigenvalue weighted by Gasteiger charge is -2.28. The molecule has 0 radical (unpaired) electrons. The highest BCUT2D eigenvalue weighted by molar-refractivity contribution is 5.98. The molecule has 2 N–H and O–H groups in total. The highest BCUT2D eigenvalue weighted by atomic mass is 16.6. The van der Waals surface area contributed by atoms with Crippen LogP contribution in [0.4, 0.5) is 10.6 Å². The van der Waals surface area contributed by atoms with Crippen LogP contribution in [-0.2, 0) is 9.53 Å². The lowest BCUT2D eigenvalue weighted by Crippen LogP contribution is -2.50. The van der Waals surface area contributed by atoms with Crippen molar-refractivity contribution in [1.29, 1.82) is 0 Å². The van der Waals surface area contributed by atoms with Crippen molar-refractivity contribution in [3.63, 3.8) is 0 Å². The summed E-state index contributed by atoms with van der Waals surface area (Å²) in [5.41, 5.74) is -0.642. The number of pyridine rings is 1. The van der Waals surface area contributed by atoms with Gasteiger partial charge in [0.1, 0.15) is 17.5 Å². The number of hydrogen-bond acceptors (Lipinski definition) is 5. The fraction of sp³-hybridized carbons (Fsp3) is 0.632. The van der Waals surface area contributed by atoms with Crippen molar-refractivity contribution >= 4 is 17.8 Å². The van der Waals surface area contributed by atoms with Crippen LogP contribution in [0.15, 0.2) is 24.4 Å². The van der Waals surface area contributed by atoms with Gasteiger partial charge in [-0.3, -0.25) is 9.69 Å². The van der Waals surface area contributed by atoms with E-state index in [0.29, 0.717) is 25.2 Å². The number of rotatable bonds is 8. The first kappa shape index (κ1) is 21.9. The van der Waals surface area contributed by atoms with E-state index >= 15 is 0 Å². The Morgan fingerprint density at radius 3 is 2.50 bits per heavy atom. The van der Waals surface area contributed by atoms with Gasteiger partial charge in [-0.15, -0.1) is 0 Å². The number of carbonyl (C=O) groups excluding carboxylic acids is 2. The van der Waals surface area contributed by atoms with Crippen LogP contribution in [0.2, 0.25) is 0 Å². The normalized spacial score (nSPS) is 13.6. The van der Waals surface area contributed by atoms with Gasteiger partial charge in [-0.05, 0) is 52.7 Å². The molecule has 7 nitrogen and oxygen atoms in total. The molecule has 146 valence electrons. The molecule has 1 aromatic rings. The van der Waals surface area contributed by atoms with Crippen LogP contribution in [-0.4, -0.2) is 46.4 Å². The molecule has 7 heteroatoms. The lowest BCUT2D eigenvalue weighted by atomic mass is 10.1. The van der Waals surface area contributed by atoms with Crippen LogP contribution in [0.3, 0.4) is 0 Å². The number of carbonyl (C=O) groups is 2. The molecule has 26 heavy (non-hydrogen) atoms. The summed E-state index contributed by atoms with van der Waals surface area (Å²) in [6.07, 6.45) is 2.05. The number of nitrogens with zero attached hydrogens (tertiary/aromatic N) is 2. The van der Waals surface area contributed by atoms with E-state index < -0.39 is 23.8 Å². The Hall–Kier alpha value is -2.15. The van der Waals surface area contributed by atoms with E-state index in [1.807, 2.05) is 6.92 Å². The SMILES string of the molecule is CCCC(NC(=O)OC(C)(C)C)C(=O)N(CCC(C)O)c1ccccn1. The van der Waals surface area contributed by atoms with E-state index in [1.54, 1.807) is 52.1 Å². The Bertz CT molecular complexity index is 570. The van der Waals surface area contributed by atoms with Crippen LogP contribution < -0.4 is 10.2 Å². The highest BCUT2D eigenvalue weighted by Crippen LogP contribution is 2.15. The van der Waals surface area contributed by atoms with Gasteiger partial charge in [0, 0.05) is 12.7 Å². The minimum absolute atomic E-state index is 0.267. The van der Waals surface area contributed by atoms with Crippen molar-refractivity contribution in [2.75, 3.05) is 11.4 Å². The van der Waals surface area contributed by atoms with Crippen molar-refractivity contribution in [1.82, 2.24) is 10.3 Å². The Labute approximate surface area is 155 Å². The van der Waals surface area contributed by atoms with Gasteiger partial charge in [-0.2, -0.15) is 0 Å². The van der Waals surface area contributed by atoms with Gasteiger partial charge >= 0.3 is 6.09 Å².